The van der Waals surface area contributed by atoms with Crippen LogP contribution in [0.15, 0.2) is 41.3 Å². The normalized spacial score (nSPS) is 28.6. The SMILES string of the molecule is O=S(=O)(NC[C@@H]1[C@H](O)CC[C@@]2(S(=O)(=O)c3ccc(Cl)cc3)c3c(F)ccc(F)c3OC[C@@H]12)C1CC1. The molecule has 2 aromatic rings. The number of hydrogen-bond donors (Lipinski definition) is 2. The second kappa shape index (κ2) is 8.65. The van der Waals surface area contributed by atoms with Crippen molar-refractivity contribution >= 4 is 31.5 Å². The molecular formula is C23H24ClF2NO6S2. The minimum atomic E-state index is -4.40. The zero-order chi connectivity index (χ0) is 25.2. The number of benzene rings is 2. The Balaban J connectivity index is 1.68. The molecule has 2 saturated carbocycles. The number of fused-ring (bicyclic) bond motifs is 3. The zero-order valence-corrected chi connectivity index (χ0v) is 20.8. The highest BCUT2D eigenvalue weighted by Gasteiger charge is 2.62. The van der Waals surface area contributed by atoms with Gasteiger partial charge in [0.1, 0.15) is 10.6 Å². The summed E-state index contributed by atoms with van der Waals surface area (Å²) in [5.74, 6) is -4.31. The van der Waals surface area contributed by atoms with Gasteiger partial charge in [-0.1, -0.05) is 11.6 Å². The number of aliphatic hydroxyl groups excluding tert-OH is 1. The van der Waals surface area contributed by atoms with E-state index >= 15 is 4.39 Å². The second-order valence-electron chi connectivity index (χ2n) is 9.36. The number of nitrogens with one attached hydrogen (secondary N) is 1. The summed E-state index contributed by atoms with van der Waals surface area (Å²) < 4.78 is 89.6. The van der Waals surface area contributed by atoms with E-state index in [9.17, 15) is 26.3 Å². The highest BCUT2D eigenvalue weighted by atomic mass is 35.5. The fourth-order valence-corrected chi connectivity index (χ4v) is 9.41. The molecule has 2 N–H and O–H groups in total. The van der Waals surface area contributed by atoms with Crippen molar-refractivity contribution in [3.05, 3.63) is 58.6 Å². The van der Waals surface area contributed by atoms with Crippen LogP contribution in [0.25, 0.3) is 0 Å². The Morgan fingerprint density at radius 1 is 1.03 bits per heavy atom. The molecule has 0 bridgehead atoms. The number of sulfone groups is 1. The highest BCUT2D eigenvalue weighted by molar-refractivity contribution is 7.92. The quantitative estimate of drug-likeness (QED) is 0.575. The van der Waals surface area contributed by atoms with E-state index in [1.165, 1.54) is 24.3 Å². The molecule has 2 aromatic carbocycles. The third-order valence-corrected chi connectivity index (χ3v) is 12.1. The van der Waals surface area contributed by atoms with Gasteiger partial charge in [-0.05, 0) is 62.1 Å². The third kappa shape index (κ3) is 3.96. The van der Waals surface area contributed by atoms with E-state index in [0.717, 1.165) is 12.1 Å². The Morgan fingerprint density at radius 2 is 1.69 bits per heavy atom. The van der Waals surface area contributed by atoms with E-state index < -0.39 is 70.7 Å². The number of aliphatic hydroxyl groups is 1. The third-order valence-electron chi connectivity index (χ3n) is 7.40. The van der Waals surface area contributed by atoms with Crippen LogP contribution in [0.3, 0.4) is 0 Å². The standard InChI is InChI=1S/C23H24ClF2NO6S2/c24-13-1-3-14(4-2-13)34(29,30)23-10-9-20(28)16(11-27-35(31,32)15-5-6-15)17(23)12-33-22-19(26)8-7-18(25)21(22)23/h1-4,7-8,15-17,20,27-28H,5-6,9-12H2/t16-,17-,20+,23-/m0/s1. The Bertz CT molecular complexity index is 1370. The molecule has 4 atom stereocenters. The van der Waals surface area contributed by atoms with Gasteiger partial charge in [-0.25, -0.2) is 30.3 Å². The van der Waals surface area contributed by atoms with E-state index in [4.69, 9.17) is 16.3 Å². The van der Waals surface area contributed by atoms with Crippen LogP contribution >= 0.6 is 11.6 Å². The molecule has 0 radical (unpaired) electrons. The molecule has 190 valence electrons. The maximum Gasteiger partial charge on any atom is 0.214 e. The fourth-order valence-electron chi connectivity index (χ4n) is 5.47. The van der Waals surface area contributed by atoms with Crippen molar-refractivity contribution in [1.82, 2.24) is 4.72 Å². The van der Waals surface area contributed by atoms with Crippen molar-refractivity contribution in [3.63, 3.8) is 0 Å². The van der Waals surface area contributed by atoms with Crippen LogP contribution in [-0.4, -0.2) is 46.4 Å². The van der Waals surface area contributed by atoms with E-state index in [1.54, 1.807) is 0 Å². The zero-order valence-electron chi connectivity index (χ0n) is 18.5. The molecule has 0 amide bonds. The van der Waals surface area contributed by atoms with Crippen LogP contribution < -0.4 is 9.46 Å². The fraction of sp³-hybridized carbons (Fsp3) is 0.478. The first-order chi connectivity index (χ1) is 16.5. The van der Waals surface area contributed by atoms with Gasteiger partial charge in [0.15, 0.2) is 21.4 Å². The minimum absolute atomic E-state index is 0.0610. The van der Waals surface area contributed by atoms with Crippen LogP contribution in [0.2, 0.25) is 5.02 Å². The van der Waals surface area contributed by atoms with Crippen molar-refractivity contribution in [3.8, 4) is 5.75 Å². The summed E-state index contributed by atoms with van der Waals surface area (Å²) in [6.45, 7) is -0.592. The van der Waals surface area contributed by atoms with Gasteiger partial charge in [0.25, 0.3) is 0 Å². The van der Waals surface area contributed by atoms with E-state index in [2.05, 4.69) is 4.72 Å². The van der Waals surface area contributed by atoms with Crippen LogP contribution in [0.5, 0.6) is 5.75 Å². The lowest BCUT2D eigenvalue weighted by Crippen LogP contribution is -2.59. The molecule has 2 aliphatic carbocycles. The average Bonchev–Trinajstić information content (AvgIpc) is 3.67. The van der Waals surface area contributed by atoms with Crippen molar-refractivity contribution in [2.75, 3.05) is 13.2 Å². The van der Waals surface area contributed by atoms with Crippen molar-refractivity contribution < 1.29 is 35.5 Å². The molecule has 7 nitrogen and oxygen atoms in total. The molecular weight excluding hydrogens is 524 g/mol. The molecule has 2 fully saturated rings. The maximum atomic E-state index is 15.4. The van der Waals surface area contributed by atoms with Gasteiger partial charge in [-0.2, -0.15) is 0 Å². The topological polar surface area (TPSA) is 110 Å². The summed E-state index contributed by atoms with van der Waals surface area (Å²) >= 11 is 5.94. The van der Waals surface area contributed by atoms with Crippen LogP contribution in [0.1, 0.15) is 31.2 Å². The number of sulfonamides is 1. The first-order valence-corrected chi connectivity index (χ1v) is 14.7. The van der Waals surface area contributed by atoms with Gasteiger partial charge in [0.05, 0.1) is 28.4 Å². The van der Waals surface area contributed by atoms with E-state index in [-0.39, 0.29) is 30.9 Å². The smallest absolute Gasteiger partial charge is 0.214 e. The maximum absolute atomic E-state index is 15.4. The van der Waals surface area contributed by atoms with Crippen LogP contribution in [0, 0.1) is 23.5 Å². The molecule has 0 spiro atoms. The number of ether oxygens (including phenoxy) is 1. The first-order valence-electron chi connectivity index (χ1n) is 11.3. The monoisotopic (exact) mass is 547 g/mol. The van der Waals surface area contributed by atoms with Gasteiger partial charge in [0.2, 0.25) is 10.0 Å². The van der Waals surface area contributed by atoms with Gasteiger partial charge in [0, 0.05) is 23.4 Å². The van der Waals surface area contributed by atoms with Gasteiger partial charge >= 0.3 is 0 Å². The Morgan fingerprint density at radius 3 is 2.34 bits per heavy atom. The van der Waals surface area contributed by atoms with Gasteiger partial charge < -0.3 is 9.84 Å². The lowest BCUT2D eigenvalue weighted by molar-refractivity contribution is -0.0176. The van der Waals surface area contributed by atoms with Crippen LogP contribution in [0.4, 0.5) is 8.78 Å². The van der Waals surface area contributed by atoms with Crippen LogP contribution in [-0.2, 0) is 24.6 Å². The summed E-state index contributed by atoms with van der Waals surface area (Å²) in [7, 11) is -8.04. The minimum Gasteiger partial charge on any atom is -0.490 e. The van der Waals surface area contributed by atoms with Gasteiger partial charge in [-0.15, -0.1) is 0 Å². The summed E-state index contributed by atoms with van der Waals surface area (Å²) in [6.07, 6.45) is -0.276. The largest absolute Gasteiger partial charge is 0.490 e. The molecule has 0 unspecified atom stereocenters. The number of halogens is 3. The lowest BCUT2D eigenvalue weighted by atomic mass is 9.66. The average molecular weight is 548 g/mol. The first kappa shape index (κ1) is 24.9. The molecule has 0 aromatic heterocycles. The second-order valence-corrected chi connectivity index (χ2v) is 14.0. The molecule has 35 heavy (non-hydrogen) atoms. The summed E-state index contributed by atoms with van der Waals surface area (Å²) in [4.78, 5) is -0.142. The molecule has 0 saturated heterocycles. The lowest BCUT2D eigenvalue weighted by Gasteiger charge is -2.51. The van der Waals surface area contributed by atoms with Gasteiger partial charge in [-0.3, -0.25) is 0 Å². The summed E-state index contributed by atoms with van der Waals surface area (Å²) in [6, 6.07) is 7.10. The van der Waals surface area contributed by atoms with Crippen molar-refractivity contribution in [2.45, 2.75) is 46.7 Å². The number of rotatable bonds is 6. The Labute approximate surface area is 207 Å². The number of hydrogen-bond acceptors (Lipinski definition) is 6. The molecule has 1 aliphatic heterocycles. The summed E-state index contributed by atoms with van der Waals surface area (Å²) in [5, 5.41) is 10.6. The molecule has 3 aliphatic rings. The highest BCUT2D eigenvalue weighted by Crippen LogP contribution is 2.58. The predicted molar refractivity (Wildman–Crippen MR) is 124 cm³/mol. The van der Waals surface area contributed by atoms with E-state index in [1.807, 2.05) is 0 Å². The molecule has 5 rings (SSSR count). The predicted octanol–water partition coefficient (Wildman–Crippen LogP) is 3.15. The summed E-state index contributed by atoms with van der Waals surface area (Å²) in [5.41, 5.74) is -0.425. The Hall–Kier alpha value is -1.79. The molecule has 1 heterocycles. The molecule has 12 heteroatoms. The van der Waals surface area contributed by atoms with Crippen molar-refractivity contribution in [2.24, 2.45) is 11.8 Å². The van der Waals surface area contributed by atoms with Crippen molar-refractivity contribution in [1.29, 1.82) is 0 Å². The Kier molecular flexibility index (Phi) is 6.15. The van der Waals surface area contributed by atoms with E-state index in [0.29, 0.717) is 17.9 Å².